The largest absolute Gasteiger partial charge is 0.331 e. The molecule has 1 aromatic rings. The molecule has 3 saturated carbocycles. The molecular formula is C18H22N2O3. The van der Waals surface area contributed by atoms with E-state index in [1.165, 1.54) is 12.5 Å². The third-order valence-corrected chi connectivity index (χ3v) is 6.88. The number of rotatable bonds is 2. The number of fused-ring (bicyclic) bond motifs is 3. The van der Waals surface area contributed by atoms with Crippen molar-refractivity contribution in [1.82, 2.24) is 4.90 Å². The molecule has 1 aromatic carbocycles. The van der Waals surface area contributed by atoms with E-state index in [0.717, 1.165) is 6.42 Å². The van der Waals surface area contributed by atoms with Gasteiger partial charge in [0.05, 0.1) is 22.6 Å². The fourth-order valence-corrected chi connectivity index (χ4v) is 5.31. The molecule has 5 heteroatoms. The smallest absolute Gasteiger partial charge is 0.275 e. The second-order valence-electron chi connectivity index (χ2n) is 8.02. The van der Waals surface area contributed by atoms with E-state index in [1.54, 1.807) is 12.1 Å². The number of benzene rings is 1. The van der Waals surface area contributed by atoms with Gasteiger partial charge in [0.25, 0.3) is 11.6 Å². The Morgan fingerprint density at radius 3 is 2.65 bits per heavy atom. The van der Waals surface area contributed by atoms with Crippen LogP contribution in [0.4, 0.5) is 5.69 Å². The number of hydrogen-bond acceptors (Lipinski definition) is 3. The zero-order valence-corrected chi connectivity index (χ0v) is 13.8. The van der Waals surface area contributed by atoms with E-state index in [2.05, 4.69) is 20.8 Å². The monoisotopic (exact) mass is 314 g/mol. The lowest BCUT2D eigenvalue weighted by molar-refractivity contribution is -0.385. The Labute approximate surface area is 135 Å². The SMILES string of the molecule is C[C@H]1[C@H](N2Cc3c(cccc3[N+](=O)[O-])C2=O)C[C@@H]2C[C@H]1C2(C)C. The van der Waals surface area contributed by atoms with Gasteiger partial charge in [0, 0.05) is 12.1 Å². The Morgan fingerprint density at radius 2 is 2.04 bits per heavy atom. The highest BCUT2D eigenvalue weighted by Gasteiger charge is 2.58. The first-order valence-electron chi connectivity index (χ1n) is 8.39. The molecule has 3 aliphatic carbocycles. The minimum atomic E-state index is -0.375. The zero-order chi connectivity index (χ0) is 16.5. The van der Waals surface area contributed by atoms with Gasteiger partial charge in [-0.1, -0.05) is 26.8 Å². The van der Waals surface area contributed by atoms with Crippen LogP contribution in [0.2, 0.25) is 0 Å². The van der Waals surface area contributed by atoms with Crippen LogP contribution >= 0.6 is 0 Å². The highest BCUT2D eigenvalue weighted by atomic mass is 16.6. The summed E-state index contributed by atoms with van der Waals surface area (Å²) in [7, 11) is 0. The van der Waals surface area contributed by atoms with E-state index in [4.69, 9.17) is 0 Å². The molecular weight excluding hydrogens is 292 g/mol. The lowest BCUT2D eigenvalue weighted by Crippen LogP contribution is -2.60. The molecule has 5 rings (SSSR count). The number of carbonyl (C=O) groups excluding carboxylic acids is 1. The Balaban J connectivity index is 1.65. The van der Waals surface area contributed by atoms with E-state index >= 15 is 0 Å². The van der Waals surface area contributed by atoms with Crippen molar-refractivity contribution in [2.45, 2.75) is 46.2 Å². The standard InChI is InChI=1S/C18H22N2O3/c1-10-14-7-11(18(14,2)3)8-16(10)19-9-13-12(17(19)21)5-4-6-15(13)20(22)23/h4-6,10-11,14,16H,7-9H2,1-3H3/t10-,11+,14-,16-/m1/s1. The van der Waals surface area contributed by atoms with Gasteiger partial charge in [0.1, 0.15) is 0 Å². The Kier molecular flexibility index (Phi) is 2.91. The van der Waals surface area contributed by atoms with Crippen molar-refractivity contribution in [3.05, 3.63) is 39.4 Å². The maximum atomic E-state index is 12.8. The molecule has 0 spiro atoms. The van der Waals surface area contributed by atoms with Gasteiger partial charge in [0.15, 0.2) is 0 Å². The summed E-state index contributed by atoms with van der Waals surface area (Å²) in [5, 5.41) is 11.2. The summed E-state index contributed by atoms with van der Waals surface area (Å²) in [5.41, 5.74) is 1.56. The molecule has 122 valence electrons. The van der Waals surface area contributed by atoms with Crippen molar-refractivity contribution in [3.63, 3.8) is 0 Å². The van der Waals surface area contributed by atoms with Gasteiger partial charge in [-0.25, -0.2) is 0 Å². The van der Waals surface area contributed by atoms with E-state index in [1.807, 2.05) is 4.90 Å². The zero-order valence-electron chi connectivity index (χ0n) is 13.8. The highest BCUT2D eigenvalue weighted by Crippen LogP contribution is 2.62. The summed E-state index contributed by atoms with van der Waals surface area (Å²) >= 11 is 0. The highest BCUT2D eigenvalue weighted by molar-refractivity contribution is 5.99. The van der Waals surface area contributed by atoms with Crippen molar-refractivity contribution in [2.24, 2.45) is 23.2 Å². The Bertz CT molecular complexity index is 712. The first-order chi connectivity index (χ1) is 10.8. The lowest BCUT2D eigenvalue weighted by atomic mass is 9.44. The summed E-state index contributed by atoms with van der Waals surface area (Å²) in [5.74, 6) is 1.74. The van der Waals surface area contributed by atoms with Gasteiger partial charge >= 0.3 is 0 Å². The lowest BCUT2D eigenvalue weighted by Gasteiger charge is -2.63. The molecule has 4 atom stereocenters. The van der Waals surface area contributed by atoms with Crippen molar-refractivity contribution in [1.29, 1.82) is 0 Å². The van der Waals surface area contributed by atoms with Crippen LogP contribution in [0.5, 0.6) is 0 Å². The summed E-state index contributed by atoms with van der Waals surface area (Å²) in [6.07, 6.45) is 2.29. The minimum absolute atomic E-state index is 0.0281. The van der Waals surface area contributed by atoms with Gasteiger partial charge in [-0.05, 0) is 42.1 Å². The van der Waals surface area contributed by atoms with Crippen LogP contribution < -0.4 is 0 Å². The van der Waals surface area contributed by atoms with Crippen molar-refractivity contribution < 1.29 is 9.72 Å². The fourth-order valence-electron chi connectivity index (χ4n) is 5.31. The van der Waals surface area contributed by atoms with Crippen LogP contribution in [0.3, 0.4) is 0 Å². The predicted molar refractivity (Wildman–Crippen MR) is 85.9 cm³/mol. The third kappa shape index (κ3) is 1.82. The molecule has 1 aliphatic heterocycles. The number of nitro groups is 1. The molecule has 0 N–H and O–H groups in total. The second-order valence-corrected chi connectivity index (χ2v) is 8.02. The number of carbonyl (C=O) groups is 1. The Hall–Kier alpha value is -1.91. The molecule has 5 nitrogen and oxygen atoms in total. The average Bonchev–Trinajstić information content (AvgIpc) is 2.84. The summed E-state index contributed by atoms with van der Waals surface area (Å²) in [6.45, 7) is 7.31. The maximum Gasteiger partial charge on any atom is 0.275 e. The number of nitrogens with zero attached hydrogens (tertiary/aromatic N) is 2. The Morgan fingerprint density at radius 1 is 1.30 bits per heavy atom. The summed E-state index contributed by atoms with van der Waals surface area (Å²) < 4.78 is 0. The average molecular weight is 314 g/mol. The number of hydrogen-bond donors (Lipinski definition) is 0. The van der Waals surface area contributed by atoms with Crippen LogP contribution in [-0.2, 0) is 6.54 Å². The minimum Gasteiger partial charge on any atom is -0.331 e. The van der Waals surface area contributed by atoms with Crippen LogP contribution in [-0.4, -0.2) is 21.8 Å². The topological polar surface area (TPSA) is 63.4 Å². The van der Waals surface area contributed by atoms with Crippen LogP contribution in [0.15, 0.2) is 18.2 Å². The molecule has 0 unspecified atom stereocenters. The third-order valence-electron chi connectivity index (χ3n) is 6.88. The van der Waals surface area contributed by atoms with Gasteiger partial charge in [-0.15, -0.1) is 0 Å². The molecule has 4 aliphatic rings. The molecule has 1 heterocycles. The van der Waals surface area contributed by atoms with Crippen LogP contribution in [0.25, 0.3) is 0 Å². The van der Waals surface area contributed by atoms with Gasteiger partial charge in [-0.3, -0.25) is 14.9 Å². The number of nitro benzene ring substituents is 1. The quantitative estimate of drug-likeness (QED) is 0.618. The molecule has 3 fully saturated rings. The van der Waals surface area contributed by atoms with E-state index in [9.17, 15) is 14.9 Å². The first kappa shape index (κ1) is 14.7. The molecule has 0 saturated heterocycles. The summed E-state index contributed by atoms with van der Waals surface area (Å²) in [6, 6.07) is 5.05. The van der Waals surface area contributed by atoms with E-state index < -0.39 is 0 Å². The van der Waals surface area contributed by atoms with Crippen molar-refractivity contribution in [3.8, 4) is 0 Å². The van der Waals surface area contributed by atoms with Gasteiger partial charge in [-0.2, -0.15) is 0 Å². The second kappa shape index (κ2) is 4.56. The van der Waals surface area contributed by atoms with E-state index in [0.29, 0.717) is 40.8 Å². The van der Waals surface area contributed by atoms with Crippen LogP contribution in [0.1, 0.15) is 49.5 Å². The molecule has 0 radical (unpaired) electrons. The van der Waals surface area contributed by atoms with Gasteiger partial charge in [0.2, 0.25) is 0 Å². The molecule has 23 heavy (non-hydrogen) atoms. The van der Waals surface area contributed by atoms with Gasteiger partial charge < -0.3 is 4.90 Å². The van der Waals surface area contributed by atoms with Crippen molar-refractivity contribution in [2.75, 3.05) is 0 Å². The molecule has 1 amide bonds. The fraction of sp³-hybridized carbons (Fsp3) is 0.611. The maximum absolute atomic E-state index is 12.8. The first-order valence-corrected chi connectivity index (χ1v) is 8.39. The summed E-state index contributed by atoms with van der Waals surface area (Å²) in [4.78, 5) is 25.6. The predicted octanol–water partition coefficient (Wildman–Crippen LogP) is 3.62. The van der Waals surface area contributed by atoms with Crippen molar-refractivity contribution >= 4 is 11.6 Å². The van der Waals surface area contributed by atoms with Crippen LogP contribution in [0, 0.1) is 33.3 Å². The normalized spacial score (nSPS) is 34.0. The number of amides is 1. The van der Waals surface area contributed by atoms with E-state index in [-0.39, 0.29) is 22.6 Å². The molecule has 2 bridgehead atoms. The molecule has 0 aromatic heterocycles.